The van der Waals surface area contributed by atoms with Gasteiger partial charge in [0.2, 0.25) is 5.91 Å². The number of ether oxygens (including phenoxy) is 1. The maximum absolute atomic E-state index is 12.8. The van der Waals surface area contributed by atoms with Crippen molar-refractivity contribution >= 4 is 23.3 Å². The Labute approximate surface area is 190 Å². The van der Waals surface area contributed by atoms with Crippen molar-refractivity contribution < 1.29 is 22.7 Å². The Hall–Kier alpha value is -2.32. The lowest BCUT2D eigenvalue weighted by Crippen LogP contribution is -2.40. The lowest BCUT2D eigenvalue weighted by Gasteiger charge is -2.32. The van der Waals surface area contributed by atoms with Crippen molar-refractivity contribution in [2.24, 2.45) is 5.92 Å². The van der Waals surface area contributed by atoms with Gasteiger partial charge in [0.25, 0.3) is 0 Å². The number of halogens is 4. The molecule has 0 atom stereocenters. The van der Waals surface area contributed by atoms with E-state index in [0.717, 1.165) is 23.4 Å². The van der Waals surface area contributed by atoms with Crippen LogP contribution < -0.4 is 10.2 Å². The fourth-order valence-corrected chi connectivity index (χ4v) is 3.81. The summed E-state index contributed by atoms with van der Waals surface area (Å²) in [5.74, 6) is 0.140. The molecule has 1 saturated heterocycles. The second-order valence-corrected chi connectivity index (χ2v) is 8.59. The highest BCUT2D eigenvalue weighted by molar-refractivity contribution is 6.33. The molecule has 174 valence electrons. The maximum Gasteiger partial charge on any atom is 0.417 e. The minimum absolute atomic E-state index is 0.0247. The number of nitrogens with one attached hydrogen (secondary N) is 1. The molecule has 0 bridgehead atoms. The Kier molecular flexibility index (Phi) is 8.00. The molecule has 1 aliphatic heterocycles. The van der Waals surface area contributed by atoms with Gasteiger partial charge >= 0.3 is 6.18 Å². The molecule has 32 heavy (non-hydrogen) atoms. The van der Waals surface area contributed by atoms with Crippen LogP contribution in [0.15, 0.2) is 36.5 Å². The smallest absolute Gasteiger partial charge is 0.374 e. The highest BCUT2D eigenvalue weighted by Crippen LogP contribution is 2.34. The minimum Gasteiger partial charge on any atom is -0.374 e. The molecule has 0 aliphatic carbocycles. The van der Waals surface area contributed by atoms with Gasteiger partial charge in [0.1, 0.15) is 5.82 Å². The number of amides is 1. The van der Waals surface area contributed by atoms with Gasteiger partial charge in [0.15, 0.2) is 0 Å². The standard InChI is InChI=1S/C23H27ClF3N3O2/c1-15(2)32-14-17-5-3-16(4-6-17)12-29-22(31)18-7-9-30(10-8-18)21-20(24)11-19(13-28-21)23(25,26)27/h3-6,11,13,15,18H,7-10,12,14H2,1-2H3,(H,29,31). The molecule has 0 unspecified atom stereocenters. The number of carbonyl (C=O) groups is 1. The van der Waals surface area contributed by atoms with Gasteiger partial charge < -0.3 is 15.0 Å². The molecule has 1 N–H and O–H groups in total. The second kappa shape index (κ2) is 10.5. The predicted molar refractivity (Wildman–Crippen MR) is 117 cm³/mol. The first-order valence-electron chi connectivity index (χ1n) is 10.6. The third-order valence-electron chi connectivity index (χ3n) is 5.39. The van der Waals surface area contributed by atoms with E-state index in [-0.39, 0.29) is 23.0 Å². The summed E-state index contributed by atoms with van der Waals surface area (Å²) in [6, 6.07) is 8.82. The second-order valence-electron chi connectivity index (χ2n) is 8.18. The SMILES string of the molecule is CC(C)OCc1ccc(CNC(=O)C2CCN(c3ncc(C(F)(F)F)cc3Cl)CC2)cc1. The molecule has 0 spiro atoms. The van der Waals surface area contributed by atoms with Crippen LogP contribution in [0.1, 0.15) is 43.4 Å². The zero-order valence-electron chi connectivity index (χ0n) is 18.1. The largest absolute Gasteiger partial charge is 0.417 e. The first-order chi connectivity index (χ1) is 15.1. The fourth-order valence-electron chi connectivity index (χ4n) is 3.52. The van der Waals surface area contributed by atoms with Crippen molar-refractivity contribution in [3.63, 3.8) is 0 Å². The Bertz CT molecular complexity index is 912. The number of hydrogen-bond acceptors (Lipinski definition) is 4. The maximum atomic E-state index is 12.8. The summed E-state index contributed by atoms with van der Waals surface area (Å²) >= 11 is 6.04. The Morgan fingerprint density at radius 2 is 1.84 bits per heavy atom. The third kappa shape index (κ3) is 6.59. The number of nitrogens with zero attached hydrogens (tertiary/aromatic N) is 2. The van der Waals surface area contributed by atoms with Crippen LogP contribution in [-0.4, -0.2) is 30.1 Å². The quantitative estimate of drug-likeness (QED) is 0.604. The number of alkyl halides is 3. The number of rotatable bonds is 7. The molecule has 1 aliphatic rings. The van der Waals surface area contributed by atoms with Gasteiger partial charge in [-0.1, -0.05) is 35.9 Å². The van der Waals surface area contributed by atoms with Crippen molar-refractivity contribution in [2.75, 3.05) is 18.0 Å². The van der Waals surface area contributed by atoms with Crippen LogP contribution in [0.5, 0.6) is 0 Å². The van der Waals surface area contributed by atoms with E-state index in [4.69, 9.17) is 16.3 Å². The lowest BCUT2D eigenvalue weighted by molar-refractivity contribution is -0.137. The number of carbonyl (C=O) groups excluding carboxylic acids is 1. The van der Waals surface area contributed by atoms with Crippen molar-refractivity contribution in [3.05, 3.63) is 58.2 Å². The number of aromatic nitrogens is 1. The summed E-state index contributed by atoms with van der Waals surface area (Å²) in [6.45, 7) is 5.98. The van der Waals surface area contributed by atoms with E-state index in [1.54, 1.807) is 0 Å². The molecule has 3 rings (SSSR count). The molecule has 1 amide bonds. The third-order valence-corrected chi connectivity index (χ3v) is 5.67. The molecule has 9 heteroatoms. The van der Waals surface area contributed by atoms with Gasteiger partial charge in [-0.3, -0.25) is 4.79 Å². The molecule has 1 aromatic carbocycles. The number of anilines is 1. The summed E-state index contributed by atoms with van der Waals surface area (Å²) in [4.78, 5) is 18.3. The molecule has 2 aromatic rings. The summed E-state index contributed by atoms with van der Waals surface area (Å²) in [6.07, 6.45) is -2.36. The average Bonchev–Trinajstić information content (AvgIpc) is 2.76. The van der Waals surface area contributed by atoms with Crippen LogP contribution in [0.4, 0.5) is 19.0 Å². The zero-order valence-corrected chi connectivity index (χ0v) is 18.8. The normalized spacial score (nSPS) is 15.3. The van der Waals surface area contributed by atoms with E-state index >= 15 is 0 Å². The topological polar surface area (TPSA) is 54.5 Å². The summed E-state index contributed by atoms with van der Waals surface area (Å²) in [5.41, 5.74) is 1.21. The Morgan fingerprint density at radius 1 is 1.22 bits per heavy atom. The number of pyridine rings is 1. The minimum atomic E-state index is -4.48. The van der Waals surface area contributed by atoms with Crippen molar-refractivity contribution in [2.45, 2.75) is 52.1 Å². The van der Waals surface area contributed by atoms with Gasteiger partial charge in [-0.15, -0.1) is 0 Å². The van der Waals surface area contributed by atoms with Crippen molar-refractivity contribution in [1.82, 2.24) is 10.3 Å². The molecule has 1 fully saturated rings. The first-order valence-corrected chi connectivity index (χ1v) is 11.0. The van der Waals surface area contributed by atoms with Gasteiger partial charge in [0, 0.05) is 31.7 Å². The summed E-state index contributed by atoms with van der Waals surface area (Å²) < 4.78 is 44.0. The highest BCUT2D eigenvalue weighted by Gasteiger charge is 2.33. The monoisotopic (exact) mass is 469 g/mol. The predicted octanol–water partition coefficient (Wildman–Crippen LogP) is 5.21. The van der Waals surface area contributed by atoms with Gasteiger partial charge in [-0.25, -0.2) is 4.98 Å². The number of hydrogen-bond donors (Lipinski definition) is 1. The lowest BCUT2D eigenvalue weighted by atomic mass is 9.95. The van der Waals surface area contributed by atoms with Gasteiger partial charge in [-0.05, 0) is 43.9 Å². The van der Waals surface area contributed by atoms with E-state index in [1.807, 2.05) is 43.0 Å². The van der Waals surface area contributed by atoms with Crippen LogP contribution in [-0.2, 0) is 28.9 Å². The van der Waals surface area contributed by atoms with E-state index in [9.17, 15) is 18.0 Å². The van der Waals surface area contributed by atoms with Crippen molar-refractivity contribution in [3.8, 4) is 0 Å². The molecule has 2 heterocycles. The summed E-state index contributed by atoms with van der Waals surface area (Å²) in [5, 5.41) is 2.94. The summed E-state index contributed by atoms with van der Waals surface area (Å²) in [7, 11) is 0. The molecule has 5 nitrogen and oxygen atoms in total. The van der Waals surface area contributed by atoms with Crippen molar-refractivity contribution in [1.29, 1.82) is 0 Å². The Balaban J connectivity index is 1.47. The number of piperidine rings is 1. The number of benzene rings is 1. The fraction of sp³-hybridized carbons (Fsp3) is 0.478. The highest BCUT2D eigenvalue weighted by atomic mass is 35.5. The van der Waals surface area contributed by atoms with Gasteiger partial charge in [-0.2, -0.15) is 13.2 Å². The molecule has 0 saturated carbocycles. The molecule has 0 radical (unpaired) electrons. The molecule has 1 aromatic heterocycles. The first kappa shape index (κ1) is 24.3. The average molecular weight is 470 g/mol. The van der Waals surface area contributed by atoms with E-state index in [2.05, 4.69) is 10.3 Å². The Morgan fingerprint density at radius 3 is 2.41 bits per heavy atom. The molecular weight excluding hydrogens is 443 g/mol. The van der Waals surface area contributed by atoms with Gasteiger partial charge in [0.05, 0.1) is 23.3 Å². The van der Waals surface area contributed by atoms with E-state index < -0.39 is 11.7 Å². The van der Waals surface area contributed by atoms with Crippen LogP contribution in [0.25, 0.3) is 0 Å². The zero-order chi connectivity index (χ0) is 23.3. The molecular formula is C23H27ClF3N3O2. The van der Waals surface area contributed by atoms with Crippen LogP contribution in [0.3, 0.4) is 0 Å². The van der Waals surface area contributed by atoms with Crippen LogP contribution >= 0.6 is 11.6 Å². The van der Waals surface area contributed by atoms with E-state index in [0.29, 0.717) is 44.9 Å². The van der Waals surface area contributed by atoms with Crippen LogP contribution in [0, 0.1) is 5.92 Å². The van der Waals surface area contributed by atoms with Crippen LogP contribution in [0.2, 0.25) is 5.02 Å². The van der Waals surface area contributed by atoms with E-state index in [1.165, 1.54) is 0 Å².